The van der Waals surface area contributed by atoms with Crippen molar-refractivity contribution in [2.45, 2.75) is 0 Å². The van der Waals surface area contributed by atoms with Crippen molar-refractivity contribution >= 4 is 17.7 Å². The summed E-state index contributed by atoms with van der Waals surface area (Å²) in [7, 11) is 0. The lowest BCUT2D eigenvalue weighted by atomic mass is 10.3. The Hall–Kier alpha value is -2.88. The standard InChI is InChI=1S/C13H12N2O5/c1-2-5-15(7-12(16)17)13(18)14-9-3-4-10-11(6-9)20-8-19-10/h1,3-4,6H,5,7-8H2,(H,14,18)(H,16,17). The van der Waals surface area contributed by atoms with Crippen LogP contribution in [0.1, 0.15) is 0 Å². The number of ether oxygens (including phenoxy) is 2. The number of benzene rings is 1. The van der Waals surface area contributed by atoms with Crippen molar-refractivity contribution in [1.82, 2.24) is 4.90 Å². The first kappa shape index (κ1) is 13.5. The molecule has 0 aliphatic carbocycles. The summed E-state index contributed by atoms with van der Waals surface area (Å²) in [6.45, 7) is -0.432. The molecule has 20 heavy (non-hydrogen) atoms. The van der Waals surface area contributed by atoms with Gasteiger partial charge in [-0.15, -0.1) is 6.42 Å². The molecule has 1 aromatic rings. The van der Waals surface area contributed by atoms with E-state index in [4.69, 9.17) is 21.0 Å². The normalized spacial score (nSPS) is 11.6. The van der Waals surface area contributed by atoms with Crippen LogP contribution in [0.2, 0.25) is 0 Å². The second kappa shape index (κ2) is 5.84. The summed E-state index contributed by atoms with van der Waals surface area (Å²) in [6.07, 6.45) is 5.11. The van der Waals surface area contributed by atoms with Gasteiger partial charge in [0.1, 0.15) is 6.54 Å². The Bertz CT molecular complexity index is 579. The van der Waals surface area contributed by atoms with Crippen LogP contribution in [0.25, 0.3) is 0 Å². The van der Waals surface area contributed by atoms with E-state index in [9.17, 15) is 9.59 Å². The molecule has 1 aliphatic heterocycles. The third-order valence-electron chi connectivity index (χ3n) is 2.52. The van der Waals surface area contributed by atoms with Crippen LogP contribution in [0.15, 0.2) is 18.2 Å². The number of aliphatic carboxylic acids is 1. The Balaban J connectivity index is 2.06. The van der Waals surface area contributed by atoms with Gasteiger partial charge in [-0.3, -0.25) is 4.79 Å². The fourth-order valence-electron chi connectivity index (χ4n) is 1.65. The van der Waals surface area contributed by atoms with Crippen molar-refractivity contribution < 1.29 is 24.2 Å². The lowest BCUT2D eigenvalue weighted by Crippen LogP contribution is -2.39. The van der Waals surface area contributed by atoms with Crippen molar-refractivity contribution in [3.8, 4) is 23.8 Å². The van der Waals surface area contributed by atoms with Gasteiger partial charge < -0.3 is 24.8 Å². The zero-order chi connectivity index (χ0) is 14.5. The molecule has 7 heteroatoms. The Labute approximate surface area is 115 Å². The topological polar surface area (TPSA) is 88.1 Å². The third kappa shape index (κ3) is 3.11. The molecule has 0 spiro atoms. The van der Waals surface area contributed by atoms with Gasteiger partial charge in [0, 0.05) is 11.8 Å². The lowest BCUT2D eigenvalue weighted by molar-refractivity contribution is -0.137. The van der Waals surface area contributed by atoms with E-state index in [1.807, 2.05) is 0 Å². The molecule has 0 radical (unpaired) electrons. The second-order valence-corrected chi connectivity index (χ2v) is 3.95. The van der Waals surface area contributed by atoms with Crippen molar-refractivity contribution in [1.29, 1.82) is 0 Å². The maximum Gasteiger partial charge on any atom is 0.323 e. The highest BCUT2D eigenvalue weighted by atomic mass is 16.7. The average Bonchev–Trinajstić information content (AvgIpc) is 2.85. The zero-order valence-corrected chi connectivity index (χ0v) is 10.5. The molecule has 0 saturated carbocycles. The molecule has 0 aromatic heterocycles. The van der Waals surface area contributed by atoms with E-state index in [0.717, 1.165) is 4.90 Å². The number of carbonyl (C=O) groups is 2. The molecule has 2 rings (SSSR count). The third-order valence-corrected chi connectivity index (χ3v) is 2.52. The Kier molecular flexibility index (Phi) is 3.96. The van der Waals surface area contributed by atoms with E-state index in [1.165, 1.54) is 0 Å². The smallest absolute Gasteiger partial charge is 0.323 e. The van der Waals surface area contributed by atoms with Crippen LogP contribution in [0.5, 0.6) is 11.5 Å². The predicted molar refractivity (Wildman–Crippen MR) is 69.6 cm³/mol. The molecule has 2 N–H and O–H groups in total. The van der Waals surface area contributed by atoms with Gasteiger partial charge in [-0.1, -0.05) is 5.92 Å². The maximum atomic E-state index is 11.9. The van der Waals surface area contributed by atoms with Crippen LogP contribution in [0.4, 0.5) is 10.5 Å². The fourth-order valence-corrected chi connectivity index (χ4v) is 1.65. The number of hydrogen-bond donors (Lipinski definition) is 2. The summed E-state index contributed by atoms with van der Waals surface area (Å²) in [5, 5.41) is 11.3. The van der Waals surface area contributed by atoms with E-state index in [1.54, 1.807) is 18.2 Å². The molecule has 1 aliphatic rings. The Morgan fingerprint density at radius 1 is 1.40 bits per heavy atom. The van der Waals surface area contributed by atoms with Crippen molar-refractivity contribution in [3.05, 3.63) is 18.2 Å². The van der Waals surface area contributed by atoms with Gasteiger partial charge >= 0.3 is 12.0 Å². The first-order valence-corrected chi connectivity index (χ1v) is 5.71. The number of nitrogens with one attached hydrogen (secondary N) is 1. The van der Waals surface area contributed by atoms with Gasteiger partial charge in [0.05, 0.1) is 6.54 Å². The summed E-state index contributed by atoms with van der Waals surface area (Å²) >= 11 is 0. The van der Waals surface area contributed by atoms with Gasteiger partial charge in [-0.25, -0.2) is 4.79 Å². The van der Waals surface area contributed by atoms with E-state index < -0.39 is 18.5 Å². The van der Waals surface area contributed by atoms with Crippen LogP contribution < -0.4 is 14.8 Å². The molecule has 7 nitrogen and oxygen atoms in total. The minimum absolute atomic E-state index is 0.0946. The van der Waals surface area contributed by atoms with Crippen molar-refractivity contribution in [3.63, 3.8) is 0 Å². The van der Waals surface area contributed by atoms with Crippen LogP contribution in [0.3, 0.4) is 0 Å². The van der Waals surface area contributed by atoms with Gasteiger partial charge in [0.25, 0.3) is 0 Å². The second-order valence-electron chi connectivity index (χ2n) is 3.95. The van der Waals surface area contributed by atoms with E-state index in [2.05, 4.69) is 11.2 Å². The minimum atomic E-state index is -1.14. The van der Waals surface area contributed by atoms with Gasteiger partial charge in [-0.05, 0) is 12.1 Å². The molecule has 1 heterocycles. The monoisotopic (exact) mass is 276 g/mol. The Morgan fingerprint density at radius 3 is 2.85 bits per heavy atom. The molecule has 0 saturated heterocycles. The summed E-state index contributed by atoms with van der Waals surface area (Å²) < 4.78 is 10.3. The number of hydrogen-bond acceptors (Lipinski definition) is 4. The molecule has 0 atom stereocenters. The van der Waals surface area contributed by atoms with Crippen LogP contribution in [-0.2, 0) is 4.79 Å². The number of terminal acetylenes is 1. The van der Waals surface area contributed by atoms with Gasteiger partial charge in [0.2, 0.25) is 6.79 Å². The van der Waals surface area contributed by atoms with E-state index in [0.29, 0.717) is 17.2 Å². The molecule has 0 fully saturated rings. The van der Waals surface area contributed by atoms with Crippen LogP contribution >= 0.6 is 0 Å². The number of rotatable bonds is 4. The molecule has 104 valence electrons. The van der Waals surface area contributed by atoms with Gasteiger partial charge in [-0.2, -0.15) is 0 Å². The van der Waals surface area contributed by atoms with E-state index in [-0.39, 0.29) is 13.3 Å². The number of fused-ring (bicyclic) bond motifs is 1. The number of carbonyl (C=O) groups excluding carboxylic acids is 1. The van der Waals surface area contributed by atoms with Gasteiger partial charge in [0.15, 0.2) is 11.5 Å². The number of carboxylic acids is 1. The molecular formula is C13H12N2O5. The number of nitrogens with zero attached hydrogens (tertiary/aromatic N) is 1. The molecule has 0 unspecified atom stereocenters. The molecular weight excluding hydrogens is 264 g/mol. The molecule has 1 aromatic carbocycles. The first-order chi connectivity index (χ1) is 9.60. The molecule has 2 amide bonds. The quantitative estimate of drug-likeness (QED) is 0.800. The fraction of sp³-hybridized carbons (Fsp3) is 0.231. The van der Waals surface area contributed by atoms with Crippen LogP contribution in [0, 0.1) is 12.3 Å². The number of carboxylic acid groups (broad SMARTS) is 1. The highest BCUT2D eigenvalue weighted by molar-refractivity contribution is 5.91. The van der Waals surface area contributed by atoms with Crippen molar-refractivity contribution in [2.24, 2.45) is 0 Å². The predicted octanol–water partition coefficient (Wildman–Crippen LogP) is 0.967. The van der Waals surface area contributed by atoms with Crippen LogP contribution in [-0.4, -0.2) is 41.9 Å². The Morgan fingerprint density at radius 2 is 2.15 bits per heavy atom. The number of urea groups is 1. The van der Waals surface area contributed by atoms with E-state index >= 15 is 0 Å². The largest absolute Gasteiger partial charge is 0.480 e. The average molecular weight is 276 g/mol. The first-order valence-electron chi connectivity index (χ1n) is 5.71. The zero-order valence-electron chi connectivity index (χ0n) is 10.5. The maximum absolute atomic E-state index is 11.9. The number of amides is 2. The van der Waals surface area contributed by atoms with Crippen molar-refractivity contribution in [2.75, 3.05) is 25.2 Å². The summed E-state index contributed by atoms with van der Waals surface area (Å²) in [4.78, 5) is 23.6. The lowest BCUT2D eigenvalue weighted by Gasteiger charge is -2.18. The summed E-state index contributed by atoms with van der Waals surface area (Å²) in [5.41, 5.74) is 0.465. The highest BCUT2D eigenvalue weighted by Gasteiger charge is 2.18. The number of anilines is 1. The molecule has 0 bridgehead atoms. The SMILES string of the molecule is C#CCN(CC(=O)O)C(=O)Nc1ccc2c(c1)OCO2. The summed E-state index contributed by atoms with van der Waals surface area (Å²) in [6, 6.07) is 4.28. The highest BCUT2D eigenvalue weighted by Crippen LogP contribution is 2.34. The summed E-state index contributed by atoms with van der Waals surface area (Å²) in [5.74, 6) is 2.21. The minimum Gasteiger partial charge on any atom is -0.480 e.